The zero-order valence-corrected chi connectivity index (χ0v) is 11.6. The highest BCUT2D eigenvalue weighted by atomic mass is 32.2. The van der Waals surface area contributed by atoms with Gasteiger partial charge in [-0.3, -0.25) is 5.84 Å². The molecule has 1 aliphatic rings. The van der Waals surface area contributed by atoms with E-state index in [2.05, 4.69) is 10.1 Å². The molecular formula is C11H17N3O2S2. The van der Waals surface area contributed by atoms with Crippen LogP contribution in [0.1, 0.15) is 12.8 Å². The highest BCUT2D eigenvalue weighted by Gasteiger charge is 2.19. The molecule has 0 aliphatic carbocycles. The lowest BCUT2D eigenvalue weighted by molar-refractivity contribution is 0.579. The van der Waals surface area contributed by atoms with Gasteiger partial charge in [0, 0.05) is 17.5 Å². The molecule has 1 heterocycles. The molecule has 0 amide bonds. The van der Waals surface area contributed by atoms with Gasteiger partial charge in [0.1, 0.15) is 0 Å². The van der Waals surface area contributed by atoms with Crippen molar-refractivity contribution in [3.63, 3.8) is 0 Å². The first-order chi connectivity index (χ1) is 8.62. The third kappa shape index (κ3) is 3.38. The first-order valence-electron chi connectivity index (χ1n) is 5.80. The van der Waals surface area contributed by atoms with Gasteiger partial charge >= 0.3 is 0 Å². The minimum Gasteiger partial charge on any atom is -0.324 e. The van der Waals surface area contributed by atoms with Crippen molar-refractivity contribution in [3.05, 3.63) is 24.3 Å². The van der Waals surface area contributed by atoms with Crippen molar-refractivity contribution in [3.8, 4) is 0 Å². The van der Waals surface area contributed by atoms with Crippen LogP contribution >= 0.6 is 11.8 Å². The molecule has 0 bridgehead atoms. The van der Waals surface area contributed by atoms with E-state index in [1.165, 1.54) is 6.42 Å². The maximum Gasteiger partial charge on any atom is 0.240 e. The minimum absolute atomic E-state index is 0.268. The largest absolute Gasteiger partial charge is 0.324 e. The third-order valence-electron chi connectivity index (χ3n) is 2.86. The van der Waals surface area contributed by atoms with Crippen LogP contribution in [0.25, 0.3) is 0 Å². The Balaban J connectivity index is 2.00. The van der Waals surface area contributed by atoms with Crippen molar-refractivity contribution in [2.45, 2.75) is 23.0 Å². The molecule has 1 atom stereocenters. The molecule has 100 valence electrons. The van der Waals surface area contributed by atoms with Gasteiger partial charge in [-0.2, -0.15) is 11.8 Å². The fourth-order valence-corrected chi connectivity index (χ4v) is 4.21. The van der Waals surface area contributed by atoms with E-state index in [1.807, 2.05) is 11.8 Å². The summed E-state index contributed by atoms with van der Waals surface area (Å²) in [5.41, 5.74) is 3.14. The fraction of sp³-hybridized carbons (Fsp3) is 0.455. The van der Waals surface area contributed by atoms with Gasteiger partial charge in [-0.15, -0.1) is 0 Å². The van der Waals surface area contributed by atoms with Crippen LogP contribution in [0.3, 0.4) is 0 Å². The second-order valence-electron chi connectivity index (χ2n) is 4.16. The van der Waals surface area contributed by atoms with Crippen molar-refractivity contribution >= 4 is 27.5 Å². The number of nitrogens with two attached hydrogens (primary N) is 1. The maximum atomic E-state index is 12.0. The topological polar surface area (TPSA) is 84.2 Å². The van der Waals surface area contributed by atoms with Crippen molar-refractivity contribution < 1.29 is 8.42 Å². The Morgan fingerprint density at radius 2 is 2.06 bits per heavy atom. The van der Waals surface area contributed by atoms with Crippen LogP contribution in [0.5, 0.6) is 0 Å². The van der Waals surface area contributed by atoms with E-state index in [1.54, 1.807) is 24.3 Å². The summed E-state index contributed by atoms with van der Waals surface area (Å²) < 4.78 is 26.7. The maximum absolute atomic E-state index is 12.0. The van der Waals surface area contributed by atoms with E-state index in [9.17, 15) is 8.42 Å². The summed E-state index contributed by atoms with van der Waals surface area (Å²) in [4.78, 5) is 0.268. The number of hydrogen-bond acceptors (Lipinski definition) is 5. The molecule has 1 aromatic rings. The summed E-state index contributed by atoms with van der Waals surface area (Å²) in [6.07, 6.45) is 2.26. The smallest absolute Gasteiger partial charge is 0.240 e. The molecule has 1 fully saturated rings. The number of hydrazine groups is 1. The van der Waals surface area contributed by atoms with Crippen LogP contribution in [-0.4, -0.2) is 26.0 Å². The highest BCUT2D eigenvalue weighted by molar-refractivity contribution is 8.00. The fourth-order valence-electron chi connectivity index (χ4n) is 1.82. The lowest BCUT2D eigenvalue weighted by atomic mass is 10.2. The number of anilines is 1. The molecule has 1 aliphatic heterocycles. The van der Waals surface area contributed by atoms with Crippen LogP contribution < -0.4 is 16.0 Å². The Bertz CT molecular complexity index is 482. The molecule has 1 unspecified atom stereocenters. The molecule has 0 radical (unpaired) electrons. The van der Waals surface area contributed by atoms with Crippen LogP contribution in [0, 0.1) is 0 Å². The summed E-state index contributed by atoms with van der Waals surface area (Å²) in [5.74, 6) is 6.36. The quantitative estimate of drug-likeness (QED) is 0.559. The summed E-state index contributed by atoms with van der Waals surface area (Å²) in [7, 11) is -3.40. The molecule has 0 spiro atoms. The molecule has 0 aromatic heterocycles. The Hall–Kier alpha value is -0.760. The molecule has 1 saturated heterocycles. The SMILES string of the molecule is NNc1ccc(S(=O)(=O)NCC2CCCS2)cc1. The average Bonchev–Trinajstić information content (AvgIpc) is 2.90. The number of sulfonamides is 1. The normalized spacial score (nSPS) is 19.9. The van der Waals surface area contributed by atoms with E-state index >= 15 is 0 Å². The predicted octanol–water partition coefficient (Wildman–Crippen LogP) is 1.15. The molecule has 18 heavy (non-hydrogen) atoms. The van der Waals surface area contributed by atoms with Crippen molar-refractivity contribution in [2.24, 2.45) is 5.84 Å². The zero-order chi connectivity index (χ0) is 13.0. The van der Waals surface area contributed by atoms with Gasteiger partial charge in [0.2, 0.25) is 10.0 Å². The van der Waals surface area contributed by atoms with Crippen molar-refractivity contribution in [1.29, 1.82) is 0 Å². The van der Waals surface area contributed by atoms with E-state index in [4.69, 9.17) is 5.84 Å². The predicted molar refractivity (Wildman–Crippen MR) is 74.9 cm³/mol. The summed E-state index contributed by atoms with van der Waals surface area (Å²) in [6.45, 7) is 0.504. The Labute approximate surface area is 112 Å². The number of hydrogen-bond donors (Lipinski definition) is 3. The average molecular weight is 287 g/mol. The Kier molecular flexibility index (Phi) is 4.50. The summed E-state index contributed by atoms with van der Waals surface area (Å²) >= 11 is 1.83. The van der Waals surface area contributed by atoms with E-state index in [0.717, 1.165) is 12.2 Å². The standard InChI is InChI=1S/C11H17N3O2S2/c12-14-9-3-5-11(6-4-9)18(15,16)13-8-10-2-1-7-17-10/h3-6,10,13-14H,1-2,7-8,12H2. The van der Waals surface area contributed by atoms with Crippen LogP contribution in [0.2, 0.25) is 0 Å². The number of nitrogens with one attached hydrogen (secondary N) is 2. The summed E-state index contributed by atoms with van der Waals surface area (Å²) in [5, 5.41) is 0.407. The molecule has 7 heteroatoms. The van der Waals surface area contributed by atoms with Gasteiger partial charge in [-0.05, 0) is 42.9 Å². The third-order valence-corrected chi connectivity index (χ3v) is 5.69. The molecule has 0 saturated carbocycles. The number of nitrogen functional groups attached to an aromatic ring is 1. The highest BCUT2D eigenvalue weighted by Crippen LogP contribution is 2.25. The monoisotopic (exact) mass is 287 g/mol. The first-order valence-corrected chi connectivity index (χ1v) is 8.33. The van der Waals surface area contributed by atoms with Gasteiger partial charge in [-0.1, -0.05) is 0 Å². The van der Waals surface area contributed by atoms with Crippen LogP contribution in [0.15, 0.2) is 29.2 Å². The van der Waals surface area contributed by atoms with Gasteiger partial charge in [0.05, 0.1) is 4.90 Å². The second-order valence-corrected chi connectivity index (χ2v) is 7.33. The number of thioether (sulfide) groups is 1. The molecule has 2 rings (SSSR count). The number of rotatable bonds is 5. The number of benzene rings is 1. The Morgan fingerprint density at radius 1 is 1.33 bits per heavy atom. The van der Waals surface area contributed by atoms with E-state index in [-0.39, 0.29) is 4.90 Å². The minimum atomic E-state index is -3.40. The van der Waals surface area contributed by atoms with Gasteiger partial charge < -0.3 is 5.43 Å². The van der Waals surface area contributed by atoms with Crippen LogP contribution in [-0.2, 0) is 10.0 Å². The Morgan fingerprint density at radius 3 is 2.61 bits per heavy atom. The van der Waals surface area contributed by atoms with Crippen molar-refractivity contribution in [2.75, 3.05) is 17.7 Å². The van der Waals surface area contributed by atoms with Gasteiger partial charge in [0.15, 0.2) is 0 Å². The van der Waals surface area contributed by atoms with E-state index < -0.39 is 10.0 Å². The zero-order valence-electron chi connectivity index (χ0n) is 9.93. The van der Waals surface area contributed by atoms with Crippen molar-refractivity contribution in [1.82, 2.24) is 4.72 Å². The lowest BCUT2D eigenvalue weighted by Gasteiger charge is -2.11. The summed E-state index contributed by atoms with van der Waals surface area (Å²) in [6, 6.07) is 6.36. The second kappa shape index (κ2) is 5.92. The van der Waals surface area contributed by atoms with Gasteiger partial charge in [-0.25, -0.2) is 13.1 Å². The first kappa shape index (κ1) is 13.7. The van der Waals surface area contributed by atoms with Crippen LogP contribution in [0.4, 0.5) is 5.69 Å². The molecule has 4 N–H and O–H groups in total. The molecule has 1 aromatic carbocycles. The molecule has 5 nitrogen and oxygen atoms in total. The van der Waals surface area contributed by atoms with E-state index in [0.29, 0.717) is 17.5 Å². The van der Waals surface area contributed by atoms with Gasteiger partial charge in [0.25, 0.3) is 0 Å². The lowest BCUT2D eigenvalue weighted by Crippen LogP contribution is -2.29. The molecular weight excluding hydrogens is 270 g/mol.